The monoisotopic (exact) mass is 501 g/mol. The first-order valence-corrected chi connectivity index (χ1v) is 11.0. The maximum absolute atomic E-state index is 13.3. The number of halogens is 1. The van der Waals surface area contributed by atoms with Crippen molar-refractivity contribution in [2.24, 2.45) is 17.8 Å². The molecule has 1 heterocycles. The minimum Gasteiger partial charge on any atom is -0.465 e. The summed E-state index contributed by atoms with van der Waals surface area (Å²) in [5, 5.41) is 0. The molecule has 0 aromatic heterocycles. The maximum Gasteiger partial charge on any atom is 0.321 e. The number of carbonyl (C=O) groups is 3. The standard InChI is InChI=1S/C21H28INO5/c1-4-16(22)15-13-23(12-14-10-8-7-9-11-14)19(24)17(15)18(20(25)27-5-2)21(26)28-6-3/h7-11,15-18H,4-6,12-13H2,1-3H3/t15-,16-,17+/m0/s1. The van der Waals surface area contributed by atoms with Gasteiger partial charge in [0.25, 0.3) is 0 Å². The number of hydrogen-bond donors (Lipinski definition) is 0. The summed E-state index contributed by atoms with van der Waals surface area (Å²) in [6, 6.07) is 9.71. The van der Waals surface area contributed by atoms with Gasteiger partial charge in [-0.2, -0.15) is 0 Å². The summed E-state index contributed by atoms with van der Waals surface area (Å²) in [6.45, 7) is 6.67. The van der Waals surface area contributed by atoms with E-state index in [1.54, 1.807) is 18.7 Å². The molecule has 1 aromatic rings. The van der Waals surface area contributed by atoms with E-state index in [1.165, 1.54) is 0 Å². The fourth-order valence-electron chi connectivity index (χ4n) is 3.68. The molecule has 1 aliphatic rings. The molecule has 1 aromatic carbocycles. The van der Waals surface area contributed by atoms with Crippen LogP contribution in [0, 0.1) is 17.8 Å². The highest BCUT2D eigenvalue weighted by Gasteiger charge is 2.53. The van der Waals surface area contributed by atoms with Crippen molar-refractivity contribution < 1.29 is 23.9 Å². The molecule has 0 N–H and O–H groups in total. The highest BCUT2D eigenvalue weighted by molar-refractivity contribution is 14.1. The van der Waals surface area contributed by atoms with Crippen LogP contribution >= 0.6 is 22.6 Å². The highest BCUT2D eigenvalue weighted by Crippen LogP contribution is 2.39. The van der Waals surface area contributed by atoms with E-state index >= 15 is 0 Å². The van der Waals surface area contributed by atoms with Crippen LogP contribution in [-0.2, 0) is 30.4 Å². The predicted molar refractivity (Wildman–Crippen MR) is 114 cm³/mol. The van der Waals surface area contributed by atoms with E-state index in [1.807, 2.05) is 37.3 Å². The summed E-state index contributed by atoms with van der Waals surface area (Å²) < 4.78 is 10.4. The van der Waals surface area contributed by atoms with Gasteiger partial charge in [0.1, 0.15) is 0 Å². The third kappa shape index (κ3) is 5.24. The molecule has 154 valence electrons. The zero-order valence-corrected chi connectivity index (χ0v) is 18.8. The Morgan fingerprint density at radius 3 is 2.18 bits per heavy atom. The van der Waals surface area contributed by atoms with E-state index in [4.69, 9.17) is 9.47 Å². The van der Waals surface area contributed by atoms with Gasteiger partial charge in [0.15, 0.2) is 5.92 Å². The van der Waals surface area contributed by atoms with Gasteiger partial charge >= 0.3 is 11.9 Å². The van der Waals surface area contributed by atoms with Gasteiger partial charge in [-0.1, -0.05) is 59.8 Å². The second kappa shape index (κ2) is 10.8. The molecule has 1 saturated heterocycles. The number of likely N-dealkylation sites (tertiary alicyclic amines) is 1. The number of rotatable bonds is 9. The zero-order valence-electron chi connectivity index (χ0n) is 16.6. The average molecular weight is 501 g/mol. The molecule has 7 heteroatoms. The Labute approximate surface area is 180 Å². The molecule has 1 aliphatic heterocycles. The number of esters is 2. The van der Waals surface area contributed by atoms with E-state index in [0.29, 0.717) is 13.1 Å². The molecule has 0 saturated carbocycles. The third-order valence-corrected chi connectivity index (χ3v) is 6.80. The van der Waals surface area contributed by atoms with E-state index in [0.717, 1.165) is 12.0 Å². The van der Waals surface area contributed by atoms with Crippen molar-refractivity contribution in [2.45, 2.75) is 37.7 Å². The van der Waals surface area contributed by atoms with Crippen LogP contribution in [-0.4, -0.2) is 46.4 Å². The summed E-state index contributed by atoms with van der Waals surface area (Å²) >= 11 is 2.31. The van der Waals surface area contributed by atoms with Crippen molar-refractivity contribution in [3.63, 3.8) is 0 Å². The van der Waals surface area contributed by atoms with Gasteiger partial charge in [-0.25, -0.2) is 0 Å². The smallest absolute Gasteiger partial charge is 0.321 e. The minimum atomic E-state index is -1.22. The average Bonchev–Trinajstić information content (AvgIpc) is 2.99. The molecule has 1 fully saturated rings. The lowest BCUT2D eigenvalue weighted by Gasteiger charge is -2.26. The van der Waals surface area contributed by atoms with E-state index < -0.39 is 23.8 Å². The number of carbonyl (C=O) groups excluding carboxylic acids is 3. The second-order valence-corrected chi connectivity index (χ2v) is 8.40. The molecule has 0 spiro atoms. The molecule has 0 aliphatic carbocycles. The SMILES string of the molecule is CCOC(=O)C(C(=O)OCC)[C@@H]1C(=O)N(Cc2ccccc2)C[C@H]1[C@@H](I)CC. The van der Waals surface area contributed by atoms with Crippen LogP contribution in [0.3, 0.4) is 0 Å². The number of benzene rings is 1. The number of hydrogen-bond acceptors (Lipinski definition) is 5. The predicted octanol–water partition coefficient (Wildman–Crippen LogP) is 3.22. The minimum absolute atomic E-state index is 0.124. The largest absolute Gasteiger partial charge is 0.465 e. The Morgan fingerprint density at radius 2 is 1.68 bits per heavy atom. The van der Waals surface area contributed by atoms with Crippen LogP contribution in [0.2, 0.25) is 0 Å². The highest BCUT2D eigenvalue weighted by atomic mass is 127. The fraction of sp³-hybridized carbons (Fsp3) is 0.571. The lowest BCUT2D eigenvalue weighted by atomic mass is 9.81. The molecular weight excluding hydrogens is 473 g/mol. The summed E-state index contributed by atoms with van der Waals surface area (Å²) in [4.78, 5) is 40.3. The van der Waals surface area contributed by atoms with Crippen molar-refractivity contribution in [3.05, 3.63) is 35.9 Å². The first kappa shape index (κ1) is 22.6. The zero-order chi connectivity index (χ0) is 20.7. The molecule has 6 nitrogen and oxygen atoms in total. The van der Waals surface area contributed by atoms with Crippen LogP contribution < -0.4 is 0 Å². The molecule has 0 bridgehead atoms. The molecule has 0 radical (unpaired) electrons. The Morgan fingerprint density at radius 1 is 1.11 bits per heavy atom. The van der Waals surface area contributed by atoms with Gasteiger partial charge in [0, 0.05) is 22.9 Å². The van der Waals surface area contributed by atoms with Gasteiger partial charge in [-0.05, 0) is 25.8 Å². The van der Waals surface area contributed by atoms with Gasteiger partial charge in [-0.3, -0.25) is 14.4 Å². The quantitative estimate of drug-likeness (QED) is 0.225. The molecule has 3 atom stereocenters. The molecule has 0 unspecified atom stereocenters. The van der Waals surface area contributed by atoms with Crippen molar-refractivity contribution in [3.8, 4) is 0 Å². The first-order chi connectivity index (χ1) is 13.4. The van der Waals surface area contributed by atoms with E-state index in [-0.39, 0.29) is 29.0 Å². The van der Waals surface area contributed by atoms with Crippen molar-refractivity contribution >= 4 is 40.4 Å². The van der Waals surface area contributed by atoms with Crippen molar-refractivity contribution in [1.29, 1.82) is 0 Å². The van der Waals surface area contributed by atoms with Crippen LogP contribution in [0.1, 0.15) is 32.8 Å². The van der Waals surface area contributed by atoms with E-state index in [9.17, 15) is 14.4 Å². The van der Waals surface area contributed by atoms with E-state index in [2.05, 4.69) is 22.6 Å². The Bertz CT molecular complexity index is 663. The molecule has 28 heavy (non-hydrogen) atoms. The second-order valence-electron chi connectivity index (χ2n) is 6.80. The summed E-state index contributed by atoms with van der Waals surface area (Å²) in [6.07, 6.45) is 0.840. The van der Waals surface area contributed by atoms with Gasteiger partial charge in [0.2, 0.25) is 5.91 Å². The third-order valence-electron chi connectivity index (χ3n) is 5.00. The first-order valence-electron chi connectivity index (χ1n) is 9.74. The molecule has 1 amide bonds. The lowest BCUT2D eigenvalue weighted by Crippen LogP contribution is -2.42. The number of nitrogens with zero attached hydrogens (tertiary/aromatic N) is 1. The van der Waals surface area contributed by atoms with Crippen molar-refractivity contribution in [1.82, 2.24) is 4.90 Å². The van der Waals surface area contributed by atoms with Gasteiger partial charge in [0.05, 0.1) is 19.1 Å². The summed E-state index contributed by atoms with van der Waals surface area (Å²) in [5.41, 5.74) is 1.01. The topological polar surface area (TPSA) is 72.9 Å². The van der Waals surface area contributed by atoms with Gasteiger partial charge in [-0.15, -0.1) is 0 Å². The van der Waals surface area contributed by atoms with Crippen LogP contribution in [0.15, 0.2) is 30.3 Å². The normalized spacial score (nSPS) is 20.3. The Kier molecular flexibility index (Phi) is 8.72. The molecular formula is C21H28INO5. The number of alkyl halides is 1. The molecule has 2 rings (SSSR count). The maximum atomic E-state index is 13.3. The van der Waals surface area contributed by atoms with Crippen LogP contribution in [0.5, 0.6) is 0 Å². The summed E-state index contributed by atoms with van der Waals surface area (Å²) in [5.74, 6) is -3.64. The van der Waals surface area contributed by atoms with Gasteiger partial charge < -0.3 is 14.4 Å². The van der Waals surface area contributed by atoms with Crippen molar-refractivity contribution in [2.75, 3.05) is 19.8 Å². The number of amides is 1. The summed E-state index contributed by atoms with van der Waals surface area (Å²) in [7, 11) is 0. The number of ether oxygens (including phenoxy) is 2. The Balaban J connectivity index is 2.35. The van der Waals surface area contributed by atoms with Crippen LogP contribution in [0.4, 0.5) is 0 Å². The van der Waals surface area contributed by atoms with Crippen LogP contribution in [0.25, 0.3) is 0 Å². The Hall–Kier alpha value is -1.64. The lowest BCUT2D eigenvalue weighted by molar-refractivity contribution is -0.167. The fourth-order valence-corrected chi connectivity index (χ4v) is 4.36.